The molecule has 0 spiro atoms. The third-order valence-electron chi connectivity index (χ3n) is 7.59. The third-order valence-corrected chi connectivity index (χ3v) is 7.59. The predicted molar refractivity (Wildman–Crippen MR) is 119 cm³/mol. The van der Waals surface area contributed by atoms with Gasteiger partial charge in [-0.15, -0.1) is 0 Å². The molecule has 2 aliphatic heterocycles. The average Bonchev–Trinajstić information content (AvgIpc) is 2.61. The number of carbonyl (C=O) groups excluding carboxylic acids is 1. The van der Waals surface area contributed by atoms with Gasteiger partial charge in [-0.2, -0.15) is 0 Å². The summed E-state index contributed by atoms with van der Waals surface area (Å²) in [4.78, 5) is 20.6. The van der Waals surface area contributed by atoms with Crippen LogP contribution in [0.4, 0.5) is 0 Å². The van der Waals surface area contributed by atoms with Crippen molar-refractivity contribution in [3.63, 3.8) is 0 Å². The maximum absolute atomic E-state index is 13.2. The summed E-state index contributed by atoms with van der Waals surface area (Å²) >= 11 is 0. The smallest absolute Gasteiger partial charge is 0.228 e. The van der Waals surface area contributed by atoms with Crippen molar-refractivity contribution in [1.29, 1.82) is 0 Å². The Morgan fingerprint density at radius 3 is 1.89 bits per heavy atom. The fraction of sp³-hybridized carbons (Fsp3) is 0.958. The van der Waals surface area contributed by atoms with Gasteiger partial charge in [0, 0.05) is 57.3 Å². The molecular formula is C24H47N3O. The number of hydrogen-bond donors (Lipinski definition) is 0. The second kappa shape index (κ2) is 9.47. The highest BCUT2D eigenvalue weighted by Gasteiger charge is 2.39. The van der Waals surface area contributed by atoms with Crippen LogP contribution in [0.25, 0.3) is 0 Å². The molecule has 0 radical (unpaired) electrons. The quantitative estimate of drug-likeness (QED) is 0.643. The number of piperidine rings is 1. The summed E-state index contributed by atoms with van der Waals surface area (Å²) in [5.41, 5.74) is -0.0800. The zero-order chi connectivity index (χ0) is 21.1. The molecule has 164 valence electrons. The summed E-state index contributed by atoms with van der Waals surface area (Å²) in [6.07, 6.45) is 3.29. The Morgan fingerprint density at radius 1 is 0.893 bits per heavy atom. The number of likely N-dealkylation sites (tertiary alicyclic amines) is 1. The van der Waals surface area contributed by atoms with Gasteiger partial charge in [0.1, 0.15) is 0 Å². The largest absolute Gasteiger partial charge is 0.342 e. The monoisotopic (exact) mass is 393 g/mol. The predicted octanol–water partition coefficient (Wildman–Crippen LogP) is 4.35. The zero-order valence-corrected chi connectivity index (χ0v) is 20.1. The van der Waals surface area contributed by atoms with Gasteiger partial charge in [0.2, 0.25) is 5.91 Å². The molecular weight excluding hydrogens is 346 g/mol. The molecule has 0 saturated carbocycles. The molecule has 0 N–H and O–H groups in total. The van der Waals surface area contributed by atoms with Gasteiger partial charge in [-0.1, -0.05) is 41.5 Å². The Hall–Kier alpha value is -0.610. The topological polar surface area (TPSA) is 26.8 Å². The Labute approximate surface area is 175 Å². The number of nitrogens with zero attached hydrogens (tertiary/aromatic N) is 3. The van der Waals surface area contributed by atoms with Crippen LogP contribution in [0.5, 0.6) is 0 Å². The summed E-state index contributed by atoms with van der Waals surface area (Å²) in [7, 11) is 0. The summed E-state index contributed by atoms with van der Waals surface area (Å²) in [5, 5.41) is 0. The third kappa shape index (κ3) is 6.19. The van der Waals surface area contributed by atoms with Crippen LogP contribution < -0.4 is 0 Å². The Kier molecular flexibility index (Phi) is 8.00. The minimum Gasteiger partial charge on any atom is -0.342 e. The van der Waals surface area contributed by atoms with Crippen LogP contribution in [-0.2, 0) is 4.79 Å². The van der Waals surface area contributed by atoms with Crippen LogP contribution in [-0.4, -0.2) is 72.5 Å². The molecule has 2 rings (SSSR count). The van der Waals surface area contributed by atoms with Crippen LogP contribution >= 0.6 is 0 Å². The zero-order valence-electron chi connectivity index (χ0n) is 20.1. The van der Waals surface area contributed by atoms with Gasteiger partial charge in [-0.3, -0.25) is 9.69 Å². The second-order valence-electron chi connectivity index (χ2n) is 11.4. The molecule has 2 heterocycles. The van der Waals surface area contributed by atoms with Crippen molar-refractivity contribution in [2.24, 2.45) is 22.7 Å². The lowest BCUT2D eigenvalue weighted by atomic mass is 9.69. The Bertz CT molecular complexity index is 496. The van der Waals surface area contributed by atoms with Crippen molar-refractivity contribution >= 4 is 5.91 Å². The molecule has 0 bridgehead atoms. The first-order valence-electron chi connectivity index (χ1n) is 11.7. The number of rotatable bonds is 7. The van der Waals surface area contributed by atoms with E-state index in [1.165, 1.54) is 45.6 Å². The summed E-state index contributed by atoms with van der Waals surface area (Å²) in [5.74, 6) is 1.71. The highest BCUT2D eigenvalue weighted by atomic mass is 16.2. The molecule has 0 atom stereocenters. The molecule has 0 aromatic rings. The normalized spacial score (nSPS) is 21.7. The van der Waals surface area contributed by atoms with E-state index in [9.17, 15) is 4.79 Å². The van der Waals surface area contributed by atoms with Gasteiger partial charge >= 0.3 is 0 Å². The van der Waals surface area contributed by atoms with E-state index in [4.69, 9.17) is 0 Å². The van der Waals surface area contributed by atoms with Gasteiger partial charge in [-0.25, -0.2) is 0 Å². The van der Waals surface area contributed by atoms with E-state index in [0.29, 0.717) is 17.9 Å². The summed E-state index contributed by atoms with van der Waals surface area (Å²) in [6.45, 7) is 26.0. The van der Waals surface area contributed by atoms with E-state index < -0.39 is 0 Å². The average molecular weight is 394 g/mol. The minimum absolute atomic E-state index is 0.190. The molecule has 4 heteroatoms. The molecule has 0 unspecified atom stereocenters. The maximum atomic E-state index is 13.2. The Morgan fingerprint density at radius 2 is 1.43 bits per heavy atom. The number of carbonyl (C=O) groups is 1. The fourth-order valence-electron chi connectivity index (χ4n) is 4.99. The number of piperazine rings is 1. The van der Waals surface area contributed by atoms with E-state index in [-0.39, 0.29) is 10.8 Å². The minimum atomic E-state index is -0.270. The molecule has 2 aliphatic rings. The van der Waals surface area contributed by atoms with E-state index in [0.717, 1.165) is 25.4 Å². The van der Waals surface area contributed by atoms with E-state index in [2.05, 4.69) is 70.1 Å². The van der Waals surface area contributed by atoms with E-state index in [1.54, 1.807) is 0 Å². The number of amides is 1. The highest BCUT2D eigenvalue weighted by molar-refractivity contribution is 5.82. The van der Waals surface area contributed by atoms with E-state index in [1.807, 2.05) is 0 Å². The van der Waals surface area contributed by atoms with Gasteiger partial charge in [0.15, 0.2) is 0 Å². The van der Waals surface area contributed by atoms with Gasteiger partial charge in [0.05, 0.1) is 0 Å². The molecule has 0 aliphatic carbocycles. The molecule has 2 saturated heterocycles. The van der Waals surface area contributed by atoms with Crippen molar-refractivity contribution in [3.05, 3.63) is 0 Å². The van der Waals surface area contributed by atoms with Crippen LogP contribution in [0.15, 0.2) is 0 Å². The molecule has 1 amide bonds. The lowest BCUT2D eigenvalue weighted by molar-refractivity contribution is -0.144. The van der Waals surface area contributed by atoms with Crippen LogP contribution in [0.3, 0.4) is 0 Å². The lowest BCUT2D eigenvalue weighted by Gasteiger charge is -2.43. The molecule has 0 aromatic carbocycles. The summed E-state index contributed by atoms with van der Waals surface area (Å²) < 4.78 is 0. The molecule has 2 fully saturated rings. The maximum Gasteiger partial charge on any atom is 0.228 e. The second-order valence-corrected chi connectivity index (χ2v) is 11.4. The summed E-state index contributed by atoms with van der Waals surface area (Å²) in [6, 6.07) is 0.667. The Balaban J connectivity index is 1.79. The van der Waals surface area contributed by atoms with Crippen molar-refractivity contribution in [2.45, 2.75) is 80.7 Å². The van der Waals surface area contributed by atoms with Crippen LogP contribution in [0, 0.1) is 22.7 Å². The van der Waals surface area contributed by atoms with Gasteiger partial charge < -0.3 is 9.80 Å². The SMILES string of the molecule is CC(C)N1CCN(CC2CCN(C(=O)C(C)(C)CC(C)(C)C(C)C)CC2)CC1. The lowest BCUT2D eigenvalue weighted by Crippen LogP contribution is -2.51. The van der Waals surface area contributed by atoms with Crippen LogP contribution in [0.2, 0.25) is 0 Å². The van der Waals surface area contributed by atoms with E-state index >= 15 is 0 Å². The van der Waals surface area contributed by atoms with Crippen molar-refractivity contribution in [3.8, 4) is 0 Å². The first-order chi connectivity index (χ1) is 12.9. The number of hydrogen-bond acceptors (Lipinski definition) is 3. The molecule has 0 aromatic heterocycles. The van der Waals surface area contributed by atoms with Crippen molar-refractivity contribution in [1.82, 2.24) is 14.7 Å². The highest BCUT2D eigenvalue weighted by Crippen LogP contribution is 2.40. The van der Waals surface area contributed by atoms with Gasteiger partial charge in [-0.05, 0) is 50.4 Å². The fourth-order valence-corrected chi connectivity index (χ4v) is 4.99. The van der Waals surface area contributed by atoms with Crippen molar-refractivity contribution < 1.29 is 4.79 Å². The first kappa shape index (κ1) is 23.7. The van der Waals surface area contributed by atoms with Crippen LogP contribution in [0.1, 0.15) is 74.7 Å². The molecule has 28 heavy (non-hydrogen) atoms. The first-order valence-corrected chi connectivity index (χ1v) is 11.7. The molecule has 4 nitrogen and oxygen atoms in total. The van der Waals surface area contributed by atoms with Crippen molar-refractivity contribution in [2.75, 3.05) is 45.8 Å². The van der Waals surface area contributed by atoms with Gasteiger partial charge in [0.25, 0.3) is 0 Å². The standard InChI is InChI=1S/C24H47N3O/c1-19(2)23(5,6)18-24(7,8)22(28)27-11-9-21(10-12-27)17-25-13-15-26(16-14-25)20(3)4/h19-21H,9-18H2,1-8H3.